The fourth-order valence-electron chi connectivity index (χ4n) is 2.80. The maximum atomic E-state index is 12.6. The van der Waals surface area contributed by atoms with Crippen molar-refractivity contribution in [3.63, 3.8) is 0 Å². The molecule has 0 saturated carbocycles. The zero-order valence-corrected chi connectivity index (χ0v) is 14.9. The summed E-state index contributed by atoms with van der Waals surface area (Å²) >= 11 is 0. The quantitative estimate of drug-likeness (QED) is 0.731. The number of pyridine rings is 1. The number of halogens is 3. The van der Waals surface area contributed by atoms with E-state index in [0.29, 0.717) is 43.3 Å². The highest BCUT2D eigenvalue weighted by Crippen LogP contribution is 2.29. The van der Waals surface area contributed by atoms with Gasteiger partial charge in [-0.2, -0.15) is 13.2 Å². The summed E-state index contributed by atoms with van der Waals surface area (Å²) in [4.78, 5) is 30.3. The Kier molecular flexibility index (Phi) is 5.81. The van der Waals surface area contributed by atoms with Crippen LogP contribution in [0.4, 0.5) is 19.0 Å². The lowest BCUT2D eigenvalue weighted by Crippen LogP contribution is -2.50. The Morgan fingerprint density at radius 1 is 1.07 bits per heavy atom. The van der Waals surface area contributed by atoms with Crippen molar-refractivity contribution >= 4 is 18.0 Å². The van der Waals surface area contributed by atoms with Gasteiger partial charge in [0, 0.05) is 37.9 Å². The topological polar surface area (TPSA) is 62.7 Å². The molecule has 1 aliphatic rings. The molecule has 1 aromatic heterocycles. The number of carbonyl (C=O) groups excluding carboxylic acids is 2. The van der Waals surface area contributed by atoms with Crippen molar-refractivity contribution in [1.82, 2.24) is 9.88 Å². The van der Waals surface area contributed by atoms with Crippen LogP contribution in [0.3, 0.4) is 0 Å². The van der Waals surface area contributed by atoms with Crippen LogP contribution < -0.4 is 9.64 Å². The highest BCUT2D eigenvalue weighted by atomic mass is 19.4. The average Bonchev–Trinajstić information content (AvgIpc) is 2.72. The molecule has 9 heteroatoms. The van der Waals surface area contributed by atoms with Crippen molar-refractivity contribution < 1.29 is 27.5 Å². The zero-order valence-electron chi connectivity index (χ0n) is 14.9. The van der Waals surface area contributed by atoms with Crippen LogP contribution in [-0.4, -0.2) is 54.9 Å². The summed E-state index contributed by atoms with van der Waals surface area (Å²) in [7, 11) is 0. The van der Waals surface area contributed by atoms with Gasteiger partial charge in [0.15, 0.2) is 6.61 Å². The molecule has 148 valence electrons. The van der Waals surface area contributed by atoms with Gasteiger partial charge in [0.1, 0.15) is 17.9 Å². The first-order valence-corrected chi connectivity index (χ1v) is 8.61. The Bertz CT molecular complexity index is 815. The first kappa shape index (κ1) is 19.7. The molecule has 3 rings (SSSR count). The molecular formula is C19H18F3N3O3. The summed E-state index contributed by atoms with van der Waals surface area (Å²) in [6, 6.07) is 8.78. The SMILES string of the molecule is O=Cc1ccc(OCC(=O)N2CCN(c3ccc(C(F)(F)F)cn3)CC2)cc1. The number of nitrogens with zero attached hydrogens (tertiary/aromatic N) is 3. The zero-order chi connectivity index (χ0) is 20.1. The van der Waals surface area contributed by atoms with E-state index in [1.165, 1.54) is 6.07 Å². The fraction of sp³-hybridized carbons (Fsp3) is 0.316. The Hall–Kier alpha value is -3.10. The van der Waals surface area contributed by atoms with E-state index >= 15 is 0 Å². The van der Waals surface area contributed by atoms with Crippen LogP contribution in [-0.2, 0) is 11.0 Å². The largest absolute Gasteiger partial charge is 0.484 e. The van der Waals surface area contributed by atoms with Gasteiger partial charge in [-0.25, -0.2) is 4.98 Å². The number of carbonyl (C=O) groups is 2. The van der Waals surface area contributed by atoms with Crippen molar-refractivity contribution in [2.24, 2.45) is 0 Å². The van der Waals surface area contributed by atoms with E-state index in [1.807, 2.05) is 4.90 Å². The Labute approximate surface area is 159 Å². The molecule has 1 saturated heterocycles. The third-order valence-electron chi connectivity index (χ3n) is 4.41. The second-order valence-corrected chi connectivity index (χ2v) is 6.25. The molecule has 0 radical (unpaired) electrons. The monoisotopic (exact) mass is 393 g/mol. The van der Waals surface area contributed by atoms with Gasteiger partial charge in [0.25, 0.3) is 5.91 Å². The highest BCUT2D eigenvalue weighted by molar-refractivity contribution is 5.78. The van der Waals surface area contributed by atoms with E-state index in [-0.39, 0.29) is 12.5 Å². The molecule has 2 heterocycles. The standard InChI is InChI=1S/C19H18F3N3O3/c20-19(21,22)15-3-6-17(23-11-15)24-7-9-25(10-8-24)18(27)13-28-16-4-1-14(12-26)2-5-16/h1-6,11-12H,7-10,13H2. The van der Waals surface area contributed by atoms with Gasteiger partial charge in [-0.1, -0.05) is 0 Å². The number of hydrogen-bond donors (Lipinski definition) is 0. The summed E-state index contributed by atoms with van der Waals surface area (Å²) < 4.78 is 43.3. The van der Waals surface area contributed by atoms with Crippen molar-refractivity contribution in [1.29, 1.82) is 0 Å². The van der Waals surface area contributed by atoms with E-state index in [4.69, 9.17) is 4.74 Å². The van der Waals surface area contributed by atoms with Crippen LogP contribution >= 0.6 is 0 Å². The number of piperazine rings is 1. The molecule has 0 aliphatic carbocycles. The van der Waals surface area contributed by atoms with Crippen molar-refractivity contribution in [2.75, 3.05) is 37.7 Å². The van der Waals surface area contributed by atoms with Crippen LogP contribution in [0.2, 0.25) is 0 Å². The van der Waals surface area contributed by atoms with Gasteiger partial charge in [0.2, 0.25) is 0 Å². The van der Waals surface area contributed by atoms with E-state index in [0.717, 1.165) is 18.5 Å². The third kappa shape index (κ3) is 4.79. The Morgan fingerprint density at radius 3 is 2.29 bits per heavy atom. The normalized spacial score (nSPS) is 14.7. The Morgan fingerprint density at radius 2 is 1.75 bits per heavy atom. The number of aldehydes is 1. The van der Waals surface area contributed by atoms with Gasteiger partial charge in [-0.15, -0.1) is 0 Å². The second-order valence-electron chi connectivity index (χ2n) is 6.25. The van der Waals surface area contributed by atoms with Crippen molar-refractivity contribution in [2.45, 2.75) is 6.18 Å². The van der Waals surface area contributed by atoms with Gasteiger partial charge < -0.3 is 14.5 Å². The molecule has 2 aromatic rings. The summed E-state index contributed by atoms with van der Waals surface area (Å²) in [6.45, 7) is 1.67. The molecule has 1 aromatic carbocycles. The number of alkyl halides is 3. The van der Waals surface area contributed by atoms with Crippen LogP contribution in [0.5, 0.6) is 5.75 Å². The van der Waals surface area contributed by atoms with Crippen molar-refractivity contribution in [3.8, 4) is 5.75 Å². The molecule has 0 unspecified atom stereocenters. The van der Waals surface area contributed by atoms with Crippen LogP contribution in [0, 0.1) is 0 Å². The fourth-order valence-corrected chi connectivity index (χ4v) is 2.80. The van der Waals surface area contributed by atoms with Crippen molar-refractivity contribution in [3.05, 3.63) is 53.7 Å². The molecule has 1 fully saturated rings. The minimum absolute atomic E-state index is 0.126. The predicted molar refractivity (Wildman–Crippen MR) is 95.4 cm³/mol. The third-order valence-corrected chi connectivity index (χ3v) is 4.41. The lowest BCUT2D eigenvalue weighted by molar-refractivity contribution is -0.138. The molecule has 6 nitrogen and oxygen atoms in total. The predicted octanol–water partition coefficient (Wildman–Crippen LogP) is 2.64. The maximum absolute atomic E-state index is 12.6. The van der Waals surface area contributed by atoms with Gasteiger partial charge in [0.05, 0.1) is 5.56 Å². The number of ether oxygens (including phenoxy) is 1. The van der Waals surface area contributed by atoms with Crippen LogP contribution in [0.25, 0.3) is 0 Å². The molecule has 0 N–H and O–H groups in total. The molecule has 1 aliphatic heterocycles. The van der Waals surface area contributed by atoms with Crippen LogP contribution in [0.15, 0.2) is 42.6 Å². The average molecular weight is 393 g/mol. The minimum Gasteiger partial charge on any atom is -0.484 e. The molecule has 0 spiro atoms. The molecular weight excluding hydrogens is 375 g/mol. The number of hydrogen-bond acceptors (Lipinski definition) is 5. The summed E-state index contributed by atoms with van der Waals surface area (Å²) in [6.07, 6.45) is -2.87. The number of aromatic nitrogens is 1. The van der Waals surface area contributed by atoms with Gasteiger partial charge >= 0.3 is 6.18 Å². The molecule has 28 heavy (non-hydrogen) atoms. The second kappa shape index (κ2) is 8.28. The molecule has 0 bridgehead atoms. The van der Waals surface area contributed by atoms with E-state index < -0.39 is 11.7 Å². The number of anilines is 1. The maximum Gasteiger partial charge on any atom is 0.417 e. The number of amides is 1. The van der Waals surface area contributed by atoms with Crippen LogP contribution in [0.1, 0.15) is 15.9 Å². The molecule has 0 atom stereocenters. The minimum atomic E-state index is -4.41. The molecule has 1 amide bonds. The smallest absolute Gasteiger partial charge is 0.417 e. The Balaban J connectivity index is 1.48. The van der Waals surface area contributed by atoms with E-state index in [2.05, 4.69) is 4.98 Å². The number of benzene rings is 1. The number of rotatable bonds is 5. The van der Waals surface area contributed by atoms with Gasteiger partial charge in [-0.3, -0.25) is 9.59 Å². The summed E-state index contributed by atoms with van der Waals surface area (Å²) in [5, 5.41) is 0. The lowest BCUT2D eigenvalue weighted by Gasteiger charge is -2.35. The summed E-state index contributed by atoms with van der Waals surface area (Å²) in [5.41, 5.74) is -0.268. The van der Waals surface area contributed by atoms with E-state index in [9.17, 15) is 22.8 Å². The van der Waals surface area contributed by atoms with E-state index in [1.54, 1.807) is 29.2 Å². The highest BCUT2D eigenvalue weighted by Gasteiger charge is 2.31. The first-order valence-electron chi connectivity index (χ1n) is 8.61. The summed E-state index contributed by atoms with van der Waals surface area (Å²) in [5.74, 6) is 0.762. The first-order chi connectivity index (χ1) is 13.4. The van der Waals surface area contributed by atoms with Gasteiger partial charge in [-0.05, 0) is 36.4 Å². The lowest BCUT2D eigenvalue weighted by atomic mass is 10.2.